The number of nitrogens with one attached hydrogen (secondary N) is 2. The highest BCUT2D eigenvalue weighted by Gasteiger charge is 2.17. The number of amides is 2. The lowest BCUT2D eigenvalue weighted by Crippen LogP contribution is -2.43. The third-order valence-corrected chi connectivity index (χ3v) is 2.75. The smallest absolute Gasteiger partial charge is 0.315 e. The first-order chi connectivity index (χ1) is 7.59. The minimum absolute atomic E-state index is 0.457. The molecule has 2 amide bonds. The van der Waals surface area contributed by atoms with Crippen molar-refractivity contribution < 1.29 is 9.59 Å². The van der Waals surface area contributed by atoms with Crippen molar-refractivity contribution >= 4 is 28.7 Å². The fraction of sp³-hybridized carbons (Fsp3) is 0.667. The minimum atomic E-state index is -0.646. The zero-order valence-electron chi connectivity index (χ0n) is 9.45. The molecular formula is C9H16N4O2S. The first kappa shape index (κ1) is 13.0. The van der Waals surface area contributed by atoms with Gasteiger partial charge in [-0.25, -0.2) is 0 Å². The monoisotopic (exact) mass is 244 g/mol. The Morgan fingerprint density at radius 3 is 2.75 bits per heavy atom. The maximum Gasteiger partial charge on any atom is 0.315 e. The maximum atomic E-state index is 11.3. The molecular weight excluding hydrogens is 228 g/mol. The lowest BCUT2D eigenvalue weighted by atomic mass is 10.5. The van der Waals surface area contributed by atoms with Gasteiger partial charge in [0.2, 0.25) is 0 Å². The average Bonchev–Trinajstić information content (AvgIpc) is 2.69. The van der Waals surface area contributed by atoms with Crippen LogP contribution in [0.4, 0.5) is 0 Å². The van der Waals surface area contributed by atoms with Gasteiger partial charge in [0.15, 0.2) is 5.17 Å². The number of aliphatic imine (C=N–C) groups is 1. The average molecular weight is 244 g/mol. The summed E-state index contributed by atoms with van der Waals surface area (Å²) in [6.07, 6.45) is 0. The van der Waals surface area contributed by atoms with E-state index in [4.69, 9.17) is 0 Å². The fourth-order valence-electron chi connectivity index (χ4n) is 1.04. The predicted octanol–water partition coefficient (Wildman–Crippen LogP) is -1.12. The van der Waals surface area contributed by atoms with Crippen molar-refractivity contribution in [2.24, 2.45) is 4.99 Å². The molecule has 90 valence electrons. The van der Waals surface area contributed by atoms with E-state index in [1.165, 1.54) is 11.8 Å². The van der Waals surface area contributed by atoms with Crippen molar-refractivity contribution in [1.82, 2.24) is 15.5 Å². The number of hydrogen-bond donors (Lipinski definition) is 2. The van der Waals surface area contributed by atoms with Crippen molar-refractivity contribution in [3.63, 3.8) is 0 Å². The normalized spacial score (nSPS) is 14.8. The summed E-state index contributed by atoms with van der Waals surface area (Å²) in [6, 6.07) is 0. The van der Waals surface area contributed by atoms with Crippen LogP contribution >= 0.6 is 11.8 Å². The van der Waals surface area contributed by atoms with Gasteiger partial charge in [0.1, 0.15) is 0 Å². The molecule has 16 heavy (non-hydrogen) atoms. The van der Waals surface area contributed by atoms with Gasteiger partial charge in [0.25, 0.3) is 0 Å². The van der Waals surface area contributed by atoms with Crippen LogP contribution in [-0.2, 0) is 9.59 Å². The van der Waals surface area contributed by atoms with Gasteiger partial charge in [0.05, 0.1) is 6.54 Å². The molecule has 0 saturated carbocycles. The molecule has 2 N–H and O–H groups in total. The second-order valence-electron chi connectivity index (χ2n) is 3.55. The predicted molar refractivity (Wildman–Crippen MR) is 64.5 cm³/mol. The van der Waals surface area contributed by atoms with Gasteiger partial charge in [0, 0.05) is 18.8 Å². The van der Waals surface area contributed by atoms with Crippen molar-refractivity contribution in [1.29, 1.82) is 0 Å². The summed E-state index contributed by atoms with van der Waals surface area (Å²) in [7, 11) is 3.80. The standard InChI is InChI=1S/C9H16N4O2S/c1-13(2)5-3-10-7(14)8(15)12-9-11-4-6-16-9/h3-6H2,1-2H3,(H,10,14)(H,11,12,15). The number of thioether (sulfide) groups is 1. The number of amidine groups is 1. The highest BCUT2D eigenvalue weighted by Crippen LogP contribution is 2.08. The molecule has 6 nitrogen and oxygen atoms in total. The molecule has 0 saturated heterocycles. The third kappa shape index (κ3) is 4.63. The molecule has 1 rings (SSSR count). The Balaban J connectivity index is 2.22. The molecule has 0 spiro atoms. The van der Waals surface area contributed by atoms with Crippen LogP contribution < -0.4 is 10.6 Å². The van der Waals surface area contributed by atoms with Gasteiger partial charge in [-0.05, 0) is 14.1 Å². The zero-order chi connectivity index (χ0) is 12.0. The van der Waals surface area contributed by atoms with Crippen LogP contribution in [0.1, 0.15) is 0 Å². The Bertz CT molecular complexity index is 304. The SMILES string of the molecule is CN(C)CCNC(=O)C(=O)NC1=NCCS1. The molecule has 1 aliphatic rings. The second-order valence-corrected chi connectivity index (χ2v) is 4.63. The summed E-state index contributed by atoms with van der Waals surface area (Å²) < 4.78 is 0. The number of nitrogens with zero attached hydrogens (tertiary/aromatic N) is 2. The first-order valence-corrected chi connectivity index (χ1v) is 5.99. The summed E-state index contributed by atoms with van der Waals surface area (Å²) in [4.78, 5) is 28.6. The quantitative estimate of drug-likeness (QED) is 0.617. The molecule has 0 aromatic rings. The molecule has 0 atom stereocenters. The van der Waals surface area contributed by atoms with Crippen LogP contribution in [0.5, 0.6) is 0 Å². The van der Waals surface area contributed by atoms with Crippen LogP contribution in [0.25, 0.3) is 0 Å². The van der Waals surface area contributed by atoms with Crippen molar-refractivity contribution in [3.8, 4) is 0 Å². The maximum absolute atomic E-state index is 11.3. The highest BCUT2D eigenvalue weighted by atomic mass is 32.2. The number of carbonyl (C=O) groups excluding carboxylic acids is 2. The molecule has 0 aromatic carbocycles. The van der Waals surface area contributed by atoms with E-state index in [-0.39, 0.29) is 0 Å². The van der Waals surface area contributed by atoms with E-state index >= 15 is 0 Å². The molecule has 7 heteroatoms. The molecule has 0 aliphatic carbocycles. The van der Waals surface area contributed by atoms with Crippen molar-refractivity contribution in [3.05, 3.63) is 0 Å². The zero-order valence-corrected chi connectivity index (χ0v) is 10.3. The van der Waals surface area contributed by atoms with Gasteiger partial charge in [-0.1, -0.05) is 11.8 Å². The third-order valence-electron chi connectivity index (χ3n) is 1.86. The number of rotatable bonds is 3. The summed E-state index contributed by atoms with van der Waals surface area (Å²) in [6.45, 7) is 1.86. The summed E-state index contributed by atoms with van der Waals surface area (Å²) in [5.41, 5.74) is 0. The Kier molecular flexibility index (Phi) is 5.27. The first-order valence-electron chi connectivity index (χ1n) is 5.01. The van der Waals surface area contributed by atoms with Crippen molar-refractivity contribution in [2.75, 3.05) is 39.5 Å². The van der Waals surface area contributed by atoms with Crippen LogP contribution in [0, 0.1) is 0 Å². The van der Waals surface area contributed by atoms with E-state index in [1.54, 1.807) is 0 Å². The number of hydrogen-bond acceptors (Lipinski definition) is 5. The van der Waals surface area contributed by atoms with Gasteiger partial charge >= 0.3 is 11.8 Å². The Morgan fingerprint density at radius 1 is 1.44 bits per heavy atom. The molecule has 0 radical (unpaired) electrons. The molecule has 0 fully saturated rings. The molecule has 0 bridgehead atoms. The van der Waals surface area contributed by atoms with E-state index < -0.39 is 11.8 Å². The summed E-state index contributed by atoms with van der Waals surface area (Å²) in [5.74, 6) is -0.401. The lowest BCUT2D eigenvalue weighted by molar-refractivity contribution is -0.138. The second kappa shape index (κ2) is 6.49. The fourth-order valence-corrected chi connectivity index (χ4v) is 1.76. The van der Waals surface area contributed by atoms with Gasteiger partial charge in [-0.3, -0.25) is 19.9 Å². The van der Waals surface area contributed by atoms with Crippen molar-refractivity contribution in [2.45, 2.75) is 0 Å². The topological polar surface area (TPSA) is 73.8 Å². The Labute approximate surface area is 98.9 Å². The number of likely N-dealkylation sites (N-methyl/N-ethyl adjacent to an activating group) is 1. The van der Waals surface area contributed by atoms with Crippen LogP contribution in [-0.4, -0.2) is 61.4 Å². The molecule has 1 aliphatic heterocycles. The largest absolute Gasteiger partial charge is 0.347 e. The summed E-state index contributed by atoms with van der Waals surface area (Å²) in [5, 5.41) is 5.53. The molecule has 0 unspecified atom stereocenters. The molecule has 0 aromatic heterocycles. The van der Waals surface area contributed by atoms with Gasteiger partial charge in [-0.15, -0.1) is 0 Å². The Morgan fingerprint density at radius 2 is 2.19 bits per heavy atom. The van der Waals surface area contributed by atoms with E-state index in [0.29, 0.717) is 24.8 Å². The number of carbonyl (C=O) groups is 2. The van der Waals surface area contributed by atoms with Crippen LogP contribution in [0.15, 0.2) is 4.99 Å². The van der Waals surface area contributed by atoms with E-state index in [2.05, 4.69) is 15.6 Å². The van der Waals surface area contributed by atoms with Crippen LogP contribution in [0.3, 0.4) is 0 Å². The lowest BCUT2D eigenvalue weighted by Gasteiger charge is -2.10. The van der Waals surface area contributed by atoms with Gasteiger partial charge < -0.3 is 10.2 Å². The van der Waals surface area contributed by atoms with Crippen LogP contribution in [0.2, 0.25) is 0 Å². The van der Waals surface area contributed by atoms with E-state index in [0.717, 1.165) is 5.75 Å². The minimum Gasteiger partial charge on any atom is -0.347 e. The molecule has 1 heterocycles. The Hall–Kier alpha value is -1.08. The van der Waals surface area contributed by atoms with E-state index in [1.807, 2.05) is 19.0 Å². The summed E-state index contributed by atoms with van der Waals surface area (Å²) >= 11 is 1.45. The highest BCUT2D eigenvalue weighted by molar-refractivity contribution is 8.14. The van der Waals surface area contributed by atoms with Gasteiger partial charge in [-0.2, -0.15) is 0 Å². The van der Waals surface area contributed by atoms with E-state index in [9.17, 15) is 9.59 Å².